The highest BCUT2D eigenvalue weighted by Gasteiger charge is 2.09. The van der Waals surface area contributed by atoms with E-state index in [1.807, 2.05) is 36.4 Å². The van der Waals surface area contributed by atoms with Crippen molar-refractivity contribution >= 4 is 27.8 Å². The zero-order valence-corrected chi connectivity index (χ0v) is 16.4. The number of carbonyl (C=O) groups is 1. The third kappa shape index (κ3) is 6.98. The van der Waals surface area contributed by atoms with Crippen LogP contribution in [0.25, 0.3) is 6.08 Å². The predicted molar refractivity (Wildman–Crippen MR) is 111 cm³/mol. The zero-order valence-electron chi connectivity index (χ0n) is 15.6. The molecule has 2 aromatic heterocycles. The normalized spacial score (nSPS) is 11.6. The quantitative estimate of drug-likeness (QED) is 0.562. The Morgan fingerprint density at radius 3 is 2.62 bits per heavy atom. The summed E-state index contributed by atoms with van der Waals surface area (Å²) < 4.78 is 28.0. The van der Waals surface area contributed by atoms with Crippen molar-refractivity contribution in [3.63, 3.8) is 0 Å². The molecule has 0 saturated heterocycles. The van der Waals surface area contributed by atoms with Gasteiger partial charge in [-0.05, 0) is 23.8 Å². The summed E-state index contributed by atoms with van der Waals surface area (Å²) in [6.07, 6.45) is 4.93. The molecular weight excluding hydrogens is 390 g/mol. The molecule has 2 heterocycles. The van der Waals surface area contributed by atoms with Crippen molar-refractivity contribution < 1.29 is 13.2 Å². The van der Waals surface area contributed by atoms with E-state index in [9.17, 15) is 13.2 Å². The summed E-state index contributed by atoms with van der Waals surface area (Å²) >= 11 is 0. The Labute approximate surface area is 169 Å². The molecule has 0 aliphatic carbocycles. The average molecular weight is 411 g/mol. The molecule has 0 atom stereocenters. The van der Waals surface area contributed by atoms with Crippen LogP contribution >= 0.6 is 0 Å². The van der Waals surface area contributed by atoms with Crippen molar-refractivity contribution in [3.8, 4) is 0 Å². The molecular formula is C20H21N5O3S. The number of nitrogens with zero attached hydrogens (tertiary/aromatic N) is 3. The Hall–Kier alpha value is -3.30. The SMILES string of the molecule is O=C(CCNS(=O)(=O)/C=C/c1ccccc1)Nc1ccn(Cc2ccccn2)n1. The summed E-state index contributed by atoms with van der Waals surface area (Å²) in [6, 6.07) is 16.4. The van der Waals surface area contributed by atoms with Crippen LogP contribution in [0.5, 0.6) is 0 Å². The first-order chi connectivity index (χ1) is 14.0. The fourth-order valence-electron chi connectivity index (χ4n) is 2.47. The van der Waals surface area contributed by atoms with Crippen LogP contribution in [0.15, 0.2) is 72.4 Å². The third-order valence-electron chi connectivity index (χ3n) is 3.85. The molecule has 0 spiro atoms. The van der Waals surface area contributed by atoms with Gasteiger partial charge in [-0.1, -0.05) is 36.4 Å². The van der Waals surface area contributed by atoms with Gasteiger partial charge in [0.15, 0.2) is 5.82 Å². The highest BCUT2D eigenvalue weighted by molar-refractivity contribution is 7.92. The van der Waals surface area contributed by atoms with E-state index in [1.54, 1.807) is 35.3 Å². The molecule has 9 heteroatoms. The molecule has 3 rings (SSSR count). The molecule has 0 aliphatic heterocycles. The number of carbonyl (C=O) groups excluding carboxylic acids is 1. The van der Waals surface area contributed by atoms with E-state index in [-0.39, 0.29) is 18.9 Å². The van der Waals surface area contributed by atoms with Gasteiger partial charge in [0.25, 0.3) is 0 Å². The van der Waals surface area contributed by atoms with Crippen LogP contribution in [0.1, 0.15) is 17.7 Å². The van der Waals surface area contributed by atoms with E-state index in [0.717, 1.165) is 16.7 Å². The minimum atomic E-state index is -3.62. The first-order valence-electron chi connectivity index (χ1n) is 8.96. The van der Waals surface area contributed by atoms with Crippen LogP contribution < -0.4 is 10.0 Å². The van der Waals surface area contributed by atoms with Crippen LogP contribution in [0.3, 0.4) is 0 Å². The van der Waals surface area contributed by atoms with Gasteiger partial charge < -0.3 is 5.32 Å². The lowest BCUT2D eigenvalue weighted by molar-refractivity contribution is -0.116. The number of pyridine rings is 1. The summed E-state index contributed by atoms with van der Waals surface area (Å²) in [4.78, 5) is 16.2. The Balaban J connectivity index is 1.43. The molecule has 0 bridgehead atoms. The van der Waals surface area contributed by atoms with Crippen LogP contribution in [0.2, 0.25) is 0 Å². The molecule has 0 fully saturated rings. The maximum absolute atomic E-state index is 12.0. The van der Waals surface area contributed by atoms with Crippen molar-refractivity contribution in [1.29, 1.82) is 0 Å². The summed E-state index contributed by atoms with van der Waals surface area (Å²) in [5.41, 5.74) is 1.63. The Bertz CT molecular complexity index is 1060. The predicted octanol–water partition coefficient (Wildman–Crippen LogP) is 2.25. The molecule has 8 nitrogen and oxygen atoms in total. The van der Waals surface area contributed by atoms with Crippen LogP contribution in [-0.4, -0.2) is 35.6 Å². The topological polar surface area (TPSA) is 106 Å². The van der Waals surface area contributed by atoms with Crippen LogP contribution in [-0.2, 0) is 21.4 Å². The fraction of sp³-hybridized carbons (Fsp3) is 0.150. The van der Waals surface area contributed by atoms with Crippen molar-refractivity contribution in [3.05, 3.63) is 83.7 Å². The zero-order chi connectivity index (χ0) is 20.5. The van der Waals surface area contributed by atoms with E-state index < -0.39 is 10.0 Å². The van der Waals surface area contributed by atoms with Gasteiger partial charge in [0.05, 0.1) is 12.2 Å². The number of amides is 1. The van der Waals surface area contributed by atoms with Crippen molar-refractivity contribution in [2.75, 3.05) is 11.9 Å². The standard InChI is InChI=1S/C20H21N5O3S/c26-20(9-13-22-29(27,28)15-11-17-6-2-1-3-7-17)23-19-10-14-25(24-19)16-18-8-4-5-12-21-18/h1-8,10-12,14-15,22H,9,13,16H2,(H,23,24,26)/b15-11+. The smallest absolute Gasteiger partial charge is 0.233 e. The minimum absolute atomic E-state index is 0.00842. The number of benzene rings is 1. The monoisotopic (exact) mass is 411 g/mol. The van der Waals surface area contributed by atoms with Crippen molar-refractivity contribution in [2.24, 2.45) is 0 Å². The molecule has 2 N–H and O–H groups in total. The van der Waals surface area contributed by atoms with Crippen molar-refractivity contribution in [1.82, 2.24) is 19.5 Å². The van der Waals surface area contributed by atoms with Gasteiger partial charge in [-0.25, -0.2) is 13.1 Å². The number of nitrogens with one attached hydrogen (secondary N) is 2. The highest BCUT2D eigenvalue weighted by atomic mass is 32.2. The molecule has 3 aromatic rings. The van der Waals surface area contributed by atoms with Gasteiger partial charge in [0.1, 0.15) is 0 Å². The number of sulfonamides is 1. The Morgan fingerprint density at radius 1 is 1.07 bits per heavy atom. The van der Waals surface area contributed by atoms with Gasteiger partial charge in [-0.15, -0.1) is 0 Å². The van der Waals surface area contributed by atoms with Gasteiger partial charge >= 0.3 is 0 Å². The van der Waals surface area contributed by atoms with Gasteiger partial charge in [0, 0.05) is 36.8 Å². The summed E-state index contributed by atoms with van der Waals surface area (Å²) in [5, 5.41) is 7.99. The largest absolute Gasteiger partial charge is 0.309 e. The lowest BCUT2D eigenvalue weighted by atomic mass is 10.2. The maximum atomic E-state index is 12.0. The minimum Gasteiger partial charge on any atom is -0.309 e. The molecule has 150 valence electrons. The molecule has 1 aromatic carbocycles. The van der Waals surface area contributed by atoms with E-state index in [0.29, 0.717) is 12.4 Å². The first kappa shape index (κ1) is 20.4. The molecule has 0 unspecified atom stereocenters. The summed E-state index contributed by atoms with van der Waals surface area (Å²) in [5.74, 6) is 0.0700. The highest BCUT2D eigenvalue weighted by Crippen LogP contribution is 2.06. The Kier molecular flexibility index (Phi) is 6.88. The van der Waals surface area contributed by atoms with E-state index >= 15 is 0 Å². The average Bonchev–Trinajstić information content (AvgIpc) is 3.14. The van der Waals surface area contributed by atoms with E-state index in [4.69, 9.17) is 0 Å². The molecule has 0 aliphatic rings. The second-order valence-electron chi connectivity index (χ2n) is 6.17. The molecule has 1 amide bonds. The maximum Gasteiger partial charge on any atom is 0.233 e. The van der Waals surface area contributed by atoms with Gasteiger partial charge in [-0.3, -0.25) is 14.5 Å². The number of hydrogen-bond acceptors (Lipinski definition) is 5. The summed E-state index contributed by atoms with van der Waals surface area (Å²) in [7, 11) is -3.62. The second kappa shape index (κ2) is 9.76. The molecule has 29 heavy (non-hydrogen) atoms. The molecule has 0 saturated carbocycles. The number of aromatic nitrogens is 3. The van der Waals surface area contributed by atoms with Gasteiger partial charge in [0.2, 0.25) is 15.9 Å². The fourth-order valence-corrected chi connectivity index (χ4v) is 3.29. The van der Waals surface area contributed by atoms with Crippen LogP contribution in [0.4, 0.5) is 5.82 Å². The number of rotatable bonds is 9. The number of anilines is 1. The van der Waals surface area contributed by atoms with Gasteiger partial charge in [-0.2, -0.15) is 5.10 Å². The van der Waals surface area contributed by atoms with Crippen molar-refractivity contribution in [2.45, 2.75) is 13.0 Å². The number of hydrogen-bond donors (Lipinski definition) is 2. The Morgan fingerprint density at radius 2 is 1.86 bits per heavy atom. The summed E-state index contributed by atoms with van der Waals surface area (Å²) in [6.45, 7) is 0.478. The lowest BCUT2D eigenvalue weighted by Gasteiger charge is -2.04. The van der Waals surface area contributed by atoms with E-state index in [1.165, 1.54) is 6.08 Å². The first-order valence-corrected chi connectivity index (χ1v) is 10.5. The molecule has 0 radical (unpaired) electrons. The van der Waals surface area contributed by atoms with E-state index in [2.05, 4.69) is 20.1 Å². The third-order valence-corrected chi connectivity index (χ3v) is 4.95. The second-order valence-corrected chi connectivity index (χ2v) is 7.82. The van der Waals surface area contributed by atoms with Crippen LogP contribution in [0, 0.1) is 0 Å². The lowest BCUT2D eigenvalue weighted by Crippen LogP contribution is -2.26.